The molecule has 0 unspecified atom stereocenters. The van der Waals surface area contributed by atoms with Crippen LogP contribution in [0.3, 0.4) is 0 Å². The molecule has 2 heterocycles. The molecule has 9 nitrogen and oxygen atoms in total. The standard InChI is InChI=1S/C29H37BrClN5O4/c1-6-38-26-20(25-21(30)17-32-35(25)5)16-23(27(39-7-2)28(26)40-8-3)34-29(37)33-22-10-9-19(31)15-24(22)36-13-11-18(4)12-14-36/h9-10,15-18H,6-8,11-14H2,1-5H3,(H2,33,34,37). The number of piperidine rings is 1. The van der Waals surface area contributed by atoms with Gasteiger partial charge in [0.15, 0.2) is 11.5 Å². The highest BCUT2D eigenvalue weighted by Gasteiger charge is 2.27. The van der Waals surface area contributed by atoms with Gasteiger partial charge in [-0.1, -0.05) is 18.5 Å². The van der Waals surface area contributed by atoms with Crippen molar-refractivity contribution in [2.24, 2.45) is 13.0 Å². The zero-order valence-electron chi connectivity index (χ0n) is 23.6. The van der Waals surface area contributed by atoms with Gasteiger partial charge in [-0.05, 0) is 79.7 Å². The van der Waals surface area contributed by atoms with E-state index in [1.54, 1.807) is 16.9 Å². The van der Waals surface area contributed by atoms with Crippen LogP contribution < -0.4 is 29.7 Å². The van der Waals surface area contributed by atoms with Gasteiger partial charge in [-0.2, -0.15) is 5.10 Å². The highest BCUT2D eigenvalue weighted by molar-refractivity contribution is 9.10. The SMILES string of the molecule is CCOc1c(NC(=O)Nc2ccc(Cl)cc2N2CCC(C)CC2)cc(-c2c(Br)cnn2C)c(OCC)c1OCC. The molecule has 1 saturated heterocycles. The third kappa shape index (κ3) is 6.61. The maximum absolute atomic E-state index is 13.5. The number of carbonyl (C=O) groups excluding carboxylic acids is 1. The van der Waals surface area contributed by atoms with E-state index in [2.05, 4.69) is 43.5 Å². The number of halogens is 2. The first-order valence-electron chi connectivity index (χ1n) is 13.7. The third-order valence-corrected chi connectivity index (χ3v) is 7.60. The van der Waals surface area contributed by atoms with Crippen molar-refractivity contribution in [1.82, 2.24) is 9.78 Å². The fourth-order valence-electron chi connectivity index (χ4n) is 4.85. The van der Waals surface area contributed by atoms with E-state index >= 15 is 0 Å². The molecule has 216 valence electrons. The van der Waals surface area contributed by atoms with Crippen molar-refractivity contribution in [2.45, 2.75) is 40.5 Å². The normalized spacial score (nSPS) is 13.7. The summed E-state index contributed by atoms with van der Waals surface area (Å²) >= 11 is 9.96. The number of aryl methyl sites for hydroxylation is 1. The van der Waals surface area contributed by atoms with E-state index in [9.17, 15) is 4.79 Å². The first kappa shape index (κ1) is 29.9. The summed E-state index contributed by atoms with van der Waals surface area (Å²) in [6.45, 7) is 10.9. The molecule has 2 N–H and O–H groups in total. The summed E-state index contributed by atoms with van der Waals surface area (Å²) in [6, 6.07) is 6.92. The van der Waals surface area contributed by atoms with Crippen molar-refractivity contribution < 1.29 is 19.0 Å². The van der Waals surface area contributed by atoms with Crippen LogP contribution in [-0.2, 0) is 7.05 Å². The number of urea groups is 1. The zero-order chi connectivity index (χ0) is 28.8. The van der Waals surface area contributed by atoms with Gasteiger partial charge < -0.3 is 29.7 Å². The summed E-state index contributed by atoms with van der Waals surface area (Å²) in [5, 5.41) is 11.0. The number of carbonyl (C=O) groups is 1. The molecule has 4 rings (SSSR count). The largest absolute Gasteiger partial charge is 0.489 e. The van der Waals surface area contributed by atoms with Crippen LogP contribution in [0.25, 0.3) is 11.3 Å². The Morgan fingerprint density at radius 2 is 1.62 bits per heavy atom. The molecule has 11 heteroatoms. The molecule has 0 aliphatic carbocycles. The van der Waals surface area contributed by atoms with E-state index in [1.807, 2.05) is 46.0 Å². The molecule has 1 aliphatic rings. The zero-order valence-corrected chi connectivity index (χ0v) is 26.0. The second-order valence-corrected chi connectivity index (χ2v) is 10.9. The van der Waals surface area contributed by atoms with Crippen LogP contribution >= 0.6 is 27.5 Å². The van der Waals surface area contributed by atoms with Crippen LogP contribution in [0.15, 0.2) is 34.9 Å². The number of aromatic nitrogens is 2. The van der Waals surface area contributed by atoms with Crippen LogP contribution in [0.5, 0.6) is 17.2 Å². The van der Waals surface area contributed by atoms with E-state index in [1.165, 1.54) is 0 Å². The lowest BCUT2D eigenvalue weighted by Gasteiger charge is -2.33. The smallest absolute Gasteiger partial charge is 0.323 e. The van der Waals surface area contributed by atoms with Crippen LogP contribution in [-0.4, -0.2) is 48.7 Å². The summed E-state index contributed by atoms with van der Waals surface area (Å²) in [6.07, 6.45) is 3.90. The molecule has 0 spiro atoms. The van der Waals surface area contributed by atoms with E-state index in [-0.39, 0.29) is 0 Å². The van der Waals surface area contributed by atoms with Crippen LogP contribution in [0.2, 0.25) is 5.02 Å². The molecule has 1 aromatic heterocycles. The summed E-state index contributed by atoms with van der Waals surface area (Å²) in [5.74, 6) is 2.01. The van der Waals surface area contributed by atoms with Crippen molar-refractivity contribution >= 4 is 50.6 Å². The van der Waals surface area contributed by atoms with Gasteiger partial charge in [-0.3, -0.25) is 4.68 Å². The van der Waals surface area contributed by atoms with Gasteiger partial charge in [-0.15, -0.1) is 0 Å². The topological polar surface area (TPSA) is 89.9 Å². The summed E-state index contributed by atoms with van der Waals surface area (Å²) in [7, 11) is 1.84. The molecule has 0 bridgehead atoms. The second kappa shape index (κ2) is 13.5. The van der Waals surface area contributed by atoms with Gasteiger partial charge in [0.1, 0.15) is 0 Å². The maximum atomic E-state index is 13.5. The van der Waals surface area contributed by atoms with Crippen LogP contribution in [0, 0.1) is 5.92 Å². The predicted molar refractivity (Wildman–Crippen MR) is 165 cm³/mol. The third-order valence-electron chi connectivity index (χ3n) is 6.79. The van der Waals surface area contributed by atoms with Crippen LogP contribution in [0.4, 0.5) is 21.9 Å². The van der Waals surface area contributed by atoms with Gasteiger partial charge in [0.05, 0.1) is 53.2 Å². The molecule has 1 aliphatic heterocycles. The number of benzene rings is 2. The summed E-state index contributed by atoms with van der Waals surface area (Å²) in [4.78, 5) is 15.8. The van der Waals surface area contributed by atoms with Crippen molar-refractivity contribution in [3.63, 3.8) is 0 Å². The van der Waals surface area contributed by atoms with Crippen molar-refractivity contribution in [3.05, 3.63) is 40.0 Å². The average molecular weight is 635 g/mol. The number of hydrogen-bond donors (Lipinski definition) is 2. The van der Waals surface area contributed by atoms with E-state index in [0.29, 0.717) is 64.9 Å². The highest BCUT2D eigenvalue weighted by Crippen LogP contribution is 2.50. The minimum atomic E-state index is -0.420. The average Bonchev–Trinajstić information content (AvgIpc) is 3.26. The summed E-state index contributed by atoms with van der Waals surface area (Å²) < 4.78 is 20.7. The second-order valence-electron chi connectivity index (χ2n) is 9.63. The Morgan fingerprint density at radius 3 is 2.25 bits per heavy atom. The number of nitrogens with one attached hydrogen (secondary N) is 2. The Hall–Kier alpha value is -3.11. The molecule has 0 atom stereocenters. The molecule has 2 aromatic carbocycles. The molecule has 3 aromatic rings. The fraction of sp³-hybridized carbons (Fsp3) is 0.448. The van der Waals surface area contributed by atoms with Crippen molar-refractivity contribution in [2.75, 3.05) is 48.4 Å². The molecule has 1 fully saturated rings. The first-order chi connectivity index (χ1) is 19.3. The predicted octanol–water partition coefficient (Wildman–Crippen LogP) is 7.58. The number of amides is 2. The van der Waals surface area contributed by atoms with E-state index < -0.39 is 6.03 Å². The van der Waals surface area contributed by atoms with E-state index in [4.69, 9.17) is 25.8 Å². The number of hydrogen-bond acceptors (Lipinski definition) is 6. The molecule has 40 heavy (non-hydrogen) atoms. The Bertz CT molecular complexity index is 1320. The molecular formula is C29H37BrClN5O4. The van der Waals surface area contributed by atoms with Crippen molar-refractivity contribution in [1.29, 1.82) is 0 Å². The van der Waals surface area contributed by atoms with Crippen LogP contribution in [0.1, 0.15) is 40.5 Å². The summed E-state index contributed by atoms with van der Waals surface area (Å²) in [5.41, 5.74) is 3.50. The Labute approximate surface area is 249 Å². The fourth-order valence-corrected chi connectivity index (χ4v) is 5.58. The number of ether oxygens (including phenoxy) is 3. The lowest BCUT2D eigenvalue weighted by molar-refractivity contribution is 0.259. The van der Waals surface area contributed by atoms with Crippen molar-refractivity contribution in [3.8, 4) is 28.5 Å². The van der Waals surface area contributed by atoms with Gasteiger partial charge in [0.25, 0.3) is 0 Å². The minimum Gasteiger partial charge on any atom is -0.489 e. The van der Waals surface area contributed by atoms with Gasteiger partial charge >= 0.3 is 6.03 Å². The lowest BCUT2D eigenvalue weighted by atomic mass is 9.98. The van der Waals surface area contributed by atoms with Gasteiger partial charge in [0.2, 0.25) is 5.75 Å². The molecule has 0 radical (unpaired) electrons. The Kier molecular flexibility index (Phi) is 10.1. The Balaban J connectivity index is 1.74. The highest BCUT2D eigenvalue weighted by atomic mass is 79.9. The van der Waals surface area contributed by atoms with Gasteiger partial charge in [-0.25, -0.2) is 4.79 Å². The number of nitrogens with zero attached hydrogens (tertiary/aromatic N) is 3. The quantitative estimate of drug-likeness (QED) is 0.239. The monoisotopic (exact) mass is 633 g/mol. The Morgan fingerprint density at radius 1 is 1.00 bits per heavy atom. The molecule has 2 amide bonds. The maximum Gasteiger partial charge on any atom is 0.323 e. The first-order valence-corrected chi connectivity index (χ1v) is 14.8. The molecule has 0 saturated carbocycles. The lowest BCUT2D eigenvalue weighted by Crippen LogP contribution is -2.33. The number of anilines is 3. The number of rotatable bonds is 10. The van der Waals surface area contributed by atoms with E-state index in [0.717, 1.165) is 41.8 Å². The molecular weight excluding hydrogens is 598 g/mol. The van der Waals surface area contributed by atoms with Gasteiger partial charge in [0, 0.05) is 30.7 Å². The minimum absolute atomic E-state index is 0.366.